The maximum absolute atomic E-state index is 13.4. The molecule has 36 heavy (non-hydrogen) atoms. The van der Waals surface area contributed by atoms with E-state index in [1.165, 1.54) is 9.08 Å². The zero-order valence-corrected chi connectivity index (χ0v) is 20.1. The molecule has 0 spiro atoms. The fraction of sp³-hybridized carbons (Fsp3) is 0.214. The second-order valence-corrected chi connectivity index (χ2v) is 9.16. The van der Waals surface area contributed by atoms with Crippen LogP contribution in [0.3, 0.4) is 0 Å². The van der Waals surface area contributed by atoms with Gasteiger partial charge in [0, 0.05) is 24.3 Å². The number of anilines is 2. The summed E-state index contributed by atoms with van der Waals surface area (Å²) in [6.45, 7) is 4.41. The van der Waals surface area contributed by atoms with Crippen molar-refractivity contribution < 1.29 is 0 Å². The van der Waals surface area contributed by atoms with Crippen LogP contribution in [0, 0.1) is 6.92 Å². The Hall–Kier alpha value is -4.46. The Morgan fingerprint density at radius 1 is 0.917 bits per heavy atom. The van der Waals surface area contributed by atoms with Crippen molar-refractivity contribution in [3.05, 3.63) is 94.5 Å². The number of hydrogen-bond donors (Lipinski definition) is 1. The molecule has 1 aliphatic rings. The van der Waals surface area contributed by atoms with Crippen molar-refractivity contribution >= 4 is 17.4 Å². The average molecular weight is 478 g/mol. The van der Waals surface area contributed by atoms with Crippen LogP contribution in [0.5, 0.6) is 0 Å². The highest BCUT2D eigenvalue weighted by atomic mass is 16.2. The van der Waals surface area contributed by atoms with E-state index < -0.39 is 0 Å². The molecule has 1 aliphatic heterocycles. The van der Waals surface area contributed by atoms with Gasteiger partial charge in [0.1, 0.15) is 5.82 Å². The molecule has 6 rings (SSSR count). The van der Waals surface area contributed by atoms with Crippen LogP contribution < -0.4 is 16.3 Å². The molecule has 5 aromatic rings. The van der Waals surface area contributed by atoms with E-state index in [1.54, 1.807) is 0 Å². The number of aryl methyl sites for hydroxylation is 3. The lowest BCUT2D eigenvalue weighted by atomic mass is 9.99. The van der Waals surface area contributed by atoms with Crippen molar-refractivity contribution in [2.45, 2.75) is 26.3 Å². The normalized spacial score (nSPS) is 13.2. The Kier molecular flexibility index (Phi) is 5.48. The van der Waals surface area contributed by atoms with Crippen LogP contribution >= 0.6 is 0 Å². The highest BCUT2D eigenvalue weighted by Gasteiger charge is 2.23. The van der Waals surface area contributed by atoms with E-state index in [2.05, 4.69) is 11.0 Å². The molecule has 2 N–H and O–H groups in total. The van der Waals surface area contributed by atoms with Gasteiger partial charge in [0.2, 0.25) is 5.95 Å². The Labute approximate surface area is 208 Å². The minimum atomic E-state index is -0.291. The second kappa shape index (κ2) is 8.96. The third-order valence-corrected chi connectivity index (χ3v) is 6.67. The fourth-order valence-electron chi connectivity index (χ4n) is 4.70. The molecular formula is C28H27N7O. The van der Waals surface area contributed by atoms with E-state index >= 15 is 0 Å². The molecule has 4 heterocycles. The van der Waals surface area contributed by atoms with Crippen molar-refractivity contribution in [2.24, 2.45) is 0 Å². The Bertz CT molecular complexity index is 1600. The SMILES string of the molecule is Cc1cc(-c2c(-c3ccccc3)nc(N)n3c(=O)n(CCc4ccccc4)nc23)cc(N2CCC2)n1. The van der Waals surface area contributed by atoms with Gasteiger partial charge in [0.15, 0.2) is 5.65 Å². The molecule has 8 heteroatoms. The Morgan fingerprint density at radius 2 is 1.64 bits per heavy atom. The summed E-state index contributed by atoms with van der Waals surface area (Å²) < 4.78 is 2.91. The summed E-state index contributed by atoms with van der Waals surface area (Å²) in [5.74, 6) is 1.05. The molecular weight excluding hydrogens is 450 g/mol. The van der Waals surface area contributed by atoms with Crippen molar-refractivity contribution in [3.8, 4) is 22.4 Å². The molecule has 0 bridgehead atoms. The summed E-state index contributed by atoms with van der Waals surface area (Å²) in [7, 11) is 0. The van der Waals surface area contributed by atoms with Gasteiger partial charge in [-0.05, 0) is 43.0 Å². The van der Waals surface area contributed by atoms with Gasteiger partial charge < -0.3 is 10.6 Å². The fourth-order valence-corrected chi connectivity index (χ4v) is 4.70. The molecule has 180 valence electrons. The molecule has 8 nitrogen and oxygen atoms in total. The van der Waals surface area contributed by atoms with Crippen LogP contribution in [0.25, 0.3) is 28.0 Å². The van der Waals surface area contributed by atoms with Crippen LogP contribution in [-0.4, -0.2) is 37.2 Å². The van der Waals surface area contributed by atoms with Gasteiger partial charge >= 0.3 is 5.69 Å². The van der Waals surface area contributed by atoms with E-state index in [9.17, 15) is 4.79 Å². The van der Waals surface area contributed by atoms with Gasteiger partial charge in [0.05, 0.1) is 17.8 Å². The number of hydrogen-bond acceptors (Lipinski definition) is 6. The average Bonchev–Trinajstić information content (AvgIpc) is 3.19. The molecule has 1 fully saturated rings. The summed E-state index contributed by atoms with van der Waals surface area (Å²) in [4.78, 5) is 25.2. The van der Waals surface area contributed by atoms with Gasteiger partial charge in [-0.25, -0.2) is 23.8 Å². The summed E-state index contributed by atoms with van der Waals surface area (Å²) in [5, 5.41) is 4.80. The first kappa shape index (κ1) is 22.0. The van der Waals surface area contributed by atoms with Crippen molar-refractivity contribution in [3.63, 3.8) is 0 Å². The first-order chi connectivity index (χ1) is 17.6. The first-order valence-electron chi connectivity index (χ1n) is 12.2. The van der Waals surface area contributed by atoms with Crippen molar-refractivity contribution in [2.75, 3.05) is 23.7 Å². The number of fused-ring (bicyclic) bond motifs is 1. The minimum absolute atomic E-state index is 0.123. The lowest BCUT2D eigenvalue weighted by molar-refractivity contribution is 0.593. The number of nitrogen functional groups attached to an aromatic ring is 1. The smallest absolute Gasteiger partial charge is 0.353 e. The topological polar surface area (TPSA) is 94.3 Å². The van der Waals surface area contributed by atoms with Gasteiger partial charge in [0.25, 0.3) is 0 Å². The molecule has 0 saturated carbocycles. The highest BCUT2D eigenvalue weighted by Crippen LogP contribution is 2.36. The van der Waals surface area contributed by atoms with Crippen LogP contribution in [0.2, 0.25) is 0 Å². The molecule has 0 amide bonds. The maximum atomic E-state index is 13.4. The number of pyridine rings is 1. The van der Waals surface area contributed by atoms with Gasteiger partial charge in [-0.3, -0.25) is 0 Å². The lowest BCUT2D eigenvalue weighted by Crippen LogP contribution is -2.37. The van der Waals surface area contributed by atoms with Gasteiger partial charge in [-0.2, -0.15) is 0 Å². The second-order valence-electron chi connectivity index (χ2n) is 9.16. The predicted molar refractivity (Wildman–Crippen MR) is 142 cm³/mol. The first-order valence-corrected chi connectivity index (χ1v) is 12.2. The Balaban J connectivity index is 1.56. The minimum Gasteiger partial charge on any atom is -0.369 e. The van der Waals surface area contributed by atoms with Crippen LogP contribution in [0.4, 0.5) is 11.8 Å². The number of aromatic nitrogens is 5. The lowest BCUT2D eigenvalue weighted by Gasteiger charge is -2.32. The van der Waals surface area contributed by atoms with Crippen LogP contribution in [0.15, 0.2) is 77.6 Å². The van der Waals surface area contributed by atoms with E-state index in [-0.39, 0.29) is 11.6 Å². The number of nitrogens with two attached hydrogens (primary N) is 1. The quantitative estimate of drug-likeness (QED) is 0.398. The van der Waals surface area contributed by atoms with E-state index in [4.69, 9.17) is 20.8 Å². The number of nitrogens with zero attached hydrogens (tertiary/aromatic N) is 6. The monoisotopic (exact) mass is 477 g/mol. The van der Waals surface area contributed by atoms with Crippen LogP contribution in [-0.2, 0) is 13.0 Å². The third-order valence-electron chi connectivity index (χ3n) is 6.67. The largest absolute Gasteiger partial charge is 0.369 e. The predicted octanol–water partition coefficient (Wildman–Crippen LogP) is 3.96. The Morgan fingerprint density at radius 3 is 2.33 bits per heavy atom. The number of rotatable bonds is 6. The summed E-state index contributed by atoms with van der Waals surface area (Å²) in [5.41, 5.74) is 11.9. The van der Waals surface area contributed by atoms with E-state index in [0.29, 0.717) is 24.3 Å². The zero-order chi connectivity index (χ0) is 24.6. The third kappa shape index (κ3) is 3.90. The molecule has 2 aromatic carbocycles. The molecule has 0 aliphatic carbocycles. The molecule has 0 radical (unpaired) electrons. The van der Waals surface area contributed by atoms with Crippen LogP contribution in [0.1, 0.15) is 17.7 Å². The summed E-state index contributed by atoms with van der Waals surface area (Å²) >= 11 is 0. The van der Waals surface area contributed by atoms with Crippen molar-refractivity contribution in [1.82, 2.24) is 24.1 Å². The molecule has 0 unspecified atom stereocenters. The van der Waals surface area contributed by atoms with Gasteiger partial charge in [-0.15, -0.1) is 5.10 Å². The molecule has 0 atom stereocenters. The zero-order valence-electron chi connectivity index (χ0n) is 20.1. The summed E-state index contributed by atoms with van der Waals surface area (Å²) in [6.07, 6.45) is 1.85. The van der Waals surface area contributed by atoms with E-state index in [1.807, 2.05) is 73.7 Å². The highest BCUT2D eigenvalue weighted by molar-refractivity contribution is 5.91. The van der Waals surface area contributed by atoms with Crippen molar-refractivity contribution in [1.29, 1.82) is 0 Å². The standard InChI is InChI=1S/C28H27N7O/c1-19-17-22(18-23(30-19)33-14-8-15-33)24-25(21-11-6-3-7-12-21)31-27(29)35-26(24)32-34(28(35)36)16-13-20-9-4-2-5-10-20/h2-7,9-12,17-18H,8,13-16H2,1H3,(H2,29,31). The molecule has 1 saturated heterocycles. The van der Waals surface area contributed by atoms with Gasteiger partial charge in [-0.1, -0.05) is 60.7 Å². The maximum Gasteiger partial charge on any atom is 0.353 e. The van der Waals surface area contributed by atoms with E-state index in [0.717, 1.165) is 53.3 Å². The molecule has 3 aromatic heterocycles. The summed E-state index contributed by atoms with van der Waals surface area (Å²) in [6, 6.07) is 24.1. The number of benzene rings is 2.